The standard InChI is InChI=1S/C15H25N3/c1-13-7-6-8-14(15(13)16)17-9-12-18-10-4-2-3-5-11-18/h6-8,17H,2-5,9-12,16H2,1H3. The van der Waals surface area contributed by atoms with Gasteiger partial charge in [0.25, 0.3) is 0 Å². The number of hydrogen-bond acceptors (Lipinski definition) is 3. The lowest BCUT2D eigenvalue weighted by Gasteiger charge is -2.20. The molecule has 0 radical (unpaired) electrons. The van der Waals surface area contributed by atoms with Gasteiger partial charge in [0, 0.05) is 13.1 Å². The summed E-state index contributed by atoms with van der Waals surface area (Å²) in [7, 11) is 0. The van der Waals surface area contributed by atoms with Crippen LogP contribution in [0.4, 0.5) is 11.4 Å². The second-order valence-corrected chi connectivity index (χ2v) is 5.22. The number of nitrogens with one attached hydrogen (secondary N) is 1. The van der Waals surface area contributed by atoms with Crippen molar-refractivity contribution in [1.29, 1.82) is 0 Å². The number of nitrogen functional groups attached to an aromatic ring is 1. The van der Waals surface area contributed by atoms with Gasteiger partial charge in [0.2, 0.25) is 0 Å². The summed E-state index contributed by atoms with van der Waals surface area (Å²) in [5.41, 5.74) is 9.16. The Morgan fingerprint density at radius 3 is 2.61 bits per heavy atom. The van der Waals surface area contributed by atoms with E-state index in [-0.39, 0.29) is 0 Å². The summed E-state index contributed by atoms with van der Waals surface area (Å²) in [4.78, 5) is 2.56. The summed E-state index contributed by atoms with van der Waals surface area (Å²) in [6.45, 7) is 6.66. The van der Waals surface area contributed by atoms with E-state index in [1.54, 1.807) is 0 Å². The van der Waals surface area contributed by atoms with Crippen molar-refractivity contribution < 1.29 is 0 Å². The molecule has 1 fully saturated rings. The molecule has 1 heterocycles. The van der Waals surface area contributed by atoms with Crippen molar-refractivity contribution in [2.24, 2.45) is 0 Å². The Kier molecular flexibility index (Phi) is 4.88. The van der Waals surface area contributed by atoms with Crippen LogP contribution in [0.25, 0.3) is 0 Å². The van der Waals surface area contributed by atoms with Crippen LogP contribution in [0, 0.1) is 6.92 Å². The zero-order valence-electron chi connectivity index (χ0n) is 11.4. The lowest BCUT2D eigenvalue weighted by atomic mass is 10.2. The SMILES string of the molecule is Cc1cccc(NCCN2CCCCCC2)c1N. The Balaban J connectivity index is 1.79. The van der Waals surface area contributed by atoms with Crippen LogP contribution < -0.4 is 11.1 Å². The molecule has 0 amide bonds. The summed E-state index contributed by atoms with van der Waals surface area (Å²) in [5, 5.41) is 3.45. The minimum absolute atomic E-state index is 0.883. The van der Waals surface area contributed by atoms with Crippen LogP contribution in [0.15, 0.2) is 18.2 Å². The van der Waals surface area contributed by atoms with Crippen LogP contribution in [-0.4, -0.2) is 31.1 Å². The van der Waals surface area contributed by atoms with E-state index in [1.807, 2.05) is 0 Å². The lowest BCUT2D eigenvalue weighted by Crippen LogP contribution is -2.30. The third kappa shape index (κ3) is 3.64. The Hall–Kier alpha value is -1.22. The molecule has 3 nitrogen and oxygen atoms in total. The molecule has 0 saturated carbocycles. The first kappa shape index (κ1) is 13.2. The van der Waals surface area contributed by atoms with Crippen molar-refractivity contribution in [1.82, 2.24) is 4.90 Å². The highest BCUT2D eigenvalue weighted by atomic mass is 15.1. The van der Waals surface area contributed by atoms with Crippen LogP contribution in [0.5, 0.6) is 0 Å². The molecule has 1 aromatic rings. The second-order valence-electron chi connectivity index (χ2n) is 5.22. The average Bonchev–Trinajstić information content (AvgIpc) is 2.63. The molecule has 3 N–H and O–H groups in total. The lowest BCUT2D eigenvalue weighted by molar-refractivity contribution is 0.296. The van der Waals surface area contributed by atoms with E-state index in [9.17, 15) is 0 Å². The molecule has 0 atom stereocenters. The monoisotopic (exact) mass is 247 g/mol. The number of rotatable bonds is 4. The molecular formula is C15H25N3. The third-order valence-electron chi connectivity index (χ3n) is 3.77. The number of aryl methyl sites for hydroxylation is 1. The molecule has 2 rings (SSSR count). The highest BCUT2D eigenvalue weighted by Gasteiger charge is 2.08. The Morgan fingerprint density at radius 1 is 1.17 bits per heavy atom. The Morgan fingerprint density at radius 2 is 1.89 bits per heavy atom. The van der Waals surface area contributed by atoms with Crippen LogP contribution in [0.2, 0.25) is 0 Å². The number of para-hydroxylation sites is 1. The number of nitrogens with zero attached hydrogens (tertiary/aromatic N) is 1. The van der Waals surface area contributed by atoms with Gasteiger partial charge in [-0.3, -0.25) is 0 Å². The Labute approximate surface area is 110 Å². The molecule has 3 heteroatoms. The van der Waals surface area contributed by atoms with E-state index >= 15 is 0 Å². The van der Waals surface area contributed by atoms with Gasteiger partial charge in [-0.1, -0.05) is 25.0 Å². The predicted molar refractivity (Wildman–Crippen MR) is 79.0 cm³/mol. The van der Waals surface area contributed by atoms with E-state index in [2.05, 4.69) is 35.3 Å². The van der Waals surface area contributed by atoms with Crippen LogP contribution in [0.3, 0.4) is 0 Å². The van der Waals surface area contributed by atoms with Gasteiger partial charge in [0.05, 0.1) is 11.4 Å². The molecule has 1 aromatic carbocycles. The molecule has 0 bridgehead atoms. The first-order valence-electron chi connectivity index (χ1n) is 7.08. The van der Waals surface area contributed by atoms with Gasteiger partial charge < -0.3 is 16.0 Å². The third-order valence-corrected chi connectivity index (χ3v) is 3.77. The molecule has 0 unspecified atom stereocenters. The van der Waals surface area contributed by atoms with Crippen molar-refractivity contribution in [3.05, 3.63) is 23.8 Å². The van der Waals surface area contributed by atoms with Crippen LogP contribution in [0.1, 0.15) is 31.2 Å². The molecule has 0 aromatic heterocycles. The fourth-order valence-corrected chi connectivity index (χ4v) is 2.54. The molecule has 1 aliphatic rings. The average molecular weight is 247 g/mol. The maximum atomic E-state index is 6.05. The normalized spacial score (nSPS) is 17.4. The molecule has 0 spiro atoms. The summed E-state index contributed by atoms with van der Waals surface area (Å²) < 4.78 is 0. The molecule has 1 saturated heterocycles. The number of anilines is 2. The van der Waals surface area contributed by atoms with E-state index in [4.69, 9.17) is 5.73 Å². The van der Waals surface area contributed by atoms with Crippen molar-refractivity contribution in [3.63, 3.8) is 0 Å². The van der Waals surface area contributed by atoms with Gasteiger partial charge in [-0.2, -0.15) is 0 Å². The second kappa shape index (κ2) is 6.64. The number of likely N-dealkylation sites (tertiary alicyclic amines) is 1. The van der Waals surface area contributed by atoms with Gasteiger partial charge in [-0.15, -0.1) is 0 Å². The highest BCUT2D eigenvalue weighted by Crippen LogP contribution is 2.21. The summed E-state index contributed by atoms with van der Waals surface area (Å²) in [6, 6.07) is 6.17. The predicted octanol–water partition coefficient (Wildman–Crippen LogP) is 2.87. The first-order chi connectivity index (χ1) is 8.77. The minimum atomic E-state index is 0.883. The molecular weight excluding hydrogens is 222 g/mol. The van der Waals surface area contributed by atoms with Crippen molar-refractivity contribution in [3.8, 4) is 0 Å². The first-order valence-corrected chi connectivity index (χ1v) is 7.08. The summed E-state index contributed by atoms with van der Waals surface area (Å²) >= 11 is 0. The van der Waals surface area contributed by atoms with Gasteiger partial charge >= 0.3 is 0 Å². The largest absolute Gasteiger partial charge is 0.397 e. The maximum absolute atomic E-state index is 6.05. The topological polar surface area (TPSA) is 41.3 Å². The fourth-order valence-electron chi connectivity index (χ4n) is 2.54. The van der Waals surface area contributed by atoms with Crippen LogP contribution >= 0.6 is 0 Å². The highest BCUT2D eigenvalue weighted by molar-refractivity contribution is 5.69. The van der Waals surface area contributed by atoms with E-state index in [1.165, 1.54) is 38.8 Å². The van der Waals surface area contributed by atoms with Crippen LogP contribution in [-0.2, 0) is 0 Å². The van der Waals surface area contributed by atoms with Crippen molar-refractivity contribution in [2.75, 3.05) is 37.2 Å². The van der Waals surface area contributed by atoms with Gasteiger partial charge in [0.15, 0.2) is 0 Å². The summed E-state index contributed by atoms with van der Waals surface area (Å²) in [5.74, 6) is 0. The molecule has 100 valence electrons. The van der Waals surface area contributed by atoms with Crippen molar-refractivity contribution in [2.45, 2.75) is 32.6 Å². The maximum Gasteiger partial charge on any atom is 0.0579 e. The molecule has 0 aliphatic carbocycles. The number of hydrogen-bond donors (Lipinski definition) is 2. The van der Waals surface area contributed by atoms with E-state index in [0.29, 0.717) is 0 Å². The zero-order valence-corrected chi connectivity index (χ0v) is 11.4. The van der Waals surface area contributed by atoms with Crippen molar-refractivity contribution >= 4 is 11.4 Å². The van der Waals surface area contributed by atoms with E-state index < -0.39 is 0 Å². The van der Waals surface area contributed by atoms with Gasteiger partial charge in [-0.25, -0.2) is 0 Å². The smallest absolute Gasteiger partial charge is 0.0579 e. The zero-order chi connectivity index (χ0) is 12.8. The minimum Gasteiger partial charge on any atom is -0.397 e. The van der Waals surface area contributed by atoms with Gasteiger partial charge in [0.1, 0.15) is 0 Å². The van der Waals surface area contributed by atoms with E-state index in [0.717, 1.165) is 30.0 Å². The number of benzene rings is 1. The number of nitrogens with two attached hydrogens (primary N) is 1. The van der Waals surface area contributed by atoms with Gasteiger partial charge in [-0.05, 0) is 44.5 Å². The Bertz CT molecular complexity index is 368. The molecule has 1 aliphatic heterocycles. The fraction of sp³-hybridized carbons (Fsp3) is 0.600. The molecule has 18 heavy (non-hydrogen) atoms. The summed E-state index contributed by atoms with van der Waals surface area (Å²) in [6.07, 6.45) is 5.50. The quantitative estimate of drug-likeness (QED) is 0.804.